The van der Waals surface area contributed by atoms with Crippen LogP contribution in [0.2, 0.25) is 0 Å². The first-order chi connectivity index (χ1) is 15.8. The summed E-state index contributed by atoms with van der Waals surface area (Å²) in [6.45, 7) is 13.4. The highest BCUT2D eigenvalue weighted by Crippen LogP contribution is 2.12. The van der Waals surface area contributed by atoms with Crippen LogP contribution in [0.3, 0.4) is 0 Å². The molecule has 0 fully saturated rings. The Morgan fingerprint density at radius 1 is 0.625 bits per heavy atom. The lowest BCUT2D eigenvalue weighted by Crippen LogP contribution is -2.12. The molecule has 0 aromatic carbocycles. The molecule has 0 amide bonds. The minimum atomic E-state index is 0.0789. The Morgan fingerprint density at radius 2 is 1.12 bits per heavy atom. The molecule has 0 heterocycles. The van der Waals surface area contributed by atoms with Crippen LogP contribution in [0.1, 0.15) is 142 Å². The molecule has 0 aliphatic carbocycles. The van der Waals surface area contributed by atoms with Crippen LogP contribution in [0.15, 0.2) is 24.3 Å². The van der Waals surface area contributed by atoms with E-state index in [-0.39, 0.29) is 6.04 Å². The Hall–Kier alpha value is -1.07. The van der Waals surface area contributed by atoms with E-state index in [0.717, 1.165) is 25.9 Å². The third-order valence-electron chi connectivity index (χ3n) is 6.12. The van der Waals surface area contributed by atoms with Crippen molar-refractivity contribution in [2.45, 2.75) is 148 Å². The molecule has 0 saturated heterocycles. The minimum absolute atomic E-state index is 0.0789. The van der Waals surface area contributed by atoms with Crippen LogP contribution in [0.5, 0.6) is 0 Å². The maximum absolute atomic E-state index is 7.37. The number of nitrogens with zero attached hydrogens (tertiary/aromatic N) is 1. The fraction of sp³-hybridized carbons (Fsp3) is 0.833. The Balaban J connectivity index is 3.33. The molecule has 0 aromatic rings. The van der Waals surface area contributed by atoms with Gasteiger partial charge in [-0.1, -0.05) is 115 Å². The lowest BCUT2D eigenvalue weighted by atomic mass is 10.1. The molecule has 0 aromatic heterocycles. The number of unbranched alkanes of at least 4 members (excludes halogenated alkanes) is 15. The van der Waals surface area contributed by atoms with Gasteiger partial charge in [-0.3, -0.25) is 0 Å². The van der Waals surface area contributed by atoms with Crippen LogP contribution in [-0.4, -0.2) is 19.3 Å². The molecule has 0 N–H and O–H groups in total. The summed E-state index contributed by atoms with van der Waals surface area (Å²) in [5.74, 6) is 0. The minimum Gasteiger partial charge on any atom is -0.373 e. The van der Waals surface area contributed by atoms with Crippen LogP contribution in [-0.2, 0) is 4.74 Å². The SMILES string of the molecule is [C-]#[N+]C(CCCCCCCCC)COCCCCCCCC/C=C\C/C=C\CCCCC. The monoisotopic (exact) mass is 445 g/mol. The van der Waals surface area contributed by atoms with E-state index in [4.69, 9.17) is 11.3 Å². The molecule has 1 unspecified atom stereocenters. The Morgan fingerprint density at radius 3 is 1.75 bits per heavy atom. The molecular weight excluding hydrogens is 390 g/mol. The van der Waals surface area contributed by atoms with Crippen LogP contribution < -0.4 is 0 Å². The zero-order valence-electron chi connectivity index (χ0n) is 21.8. The van der Waals surface area contributed by atoms with Crippen molar-refractivity contribution in [3.05, 3.63) is 35.7 Å². The van der Waals surface area contributed by atoms with Crippen molar-refractivity contribution in [1.82, 2.24) is 0 Å². The van der Waals surface area contributed by atoms with E-state index >= 15 is 0 Å². The van der Waals surface area contributed by atoms with Crippen molar-refractivity contribution in [3.8, 4) is 0 Å². The molecule has 0 saturated carbocycles. The second-order valence-corrected chi connectivity index (χ2v) is 9.35. The third-order valence-corrected chi connectivity index (χ3v) is 6.12. The van der Waals surface area contributed by atoms with Crippen LogP contribution in [0, 0.1) is 6.57 Å². The van der Waals surface area contributed by atoms with Crippen molar-refractivity contribution in [2.75, 3.05) is 13.2 Å². The molecule has 0 aliphatic rings. The average Bonchev–Trinajstić information content (AvgIpc) is 2.81. The first-order valence-corrected chi connectivity index (χ1v) is 14.1. The fourth-order valence-electron chi connectivity index (χ4n) is 3.93. The zero-order valence-corrected chi connectivity index (χ0v) is 21.8. The normalized spacial score (nSPS) is 12.7. The highest BCUT2D eigenvalue weighted by molar-refractivity contribution is 4.92. The van der Waals surface area contributed by atoms with E-state index < -0.39 is 0 Å². The summed E-state index contributed by atoms with van der Waals surface area (Å²) in [4.78, 5) is 3.77. The zero-order chi connectivity index (χ0) is 23.4. The second-order valence-electron chi connectivity index (χ2n) is 9.35. The maximum Gasteiger partial charge on any atom is 0.246 e. The van der Waals surface area contributed by atoms with E-state index in [1.54, 1.807) is 0 Å². The van der Waals surface area contributed by atoms with Gasteiger partial charge < -0.3 is 9.58 Å². The van der Waals surface area contributed by atoms with E-state index in [1.165, 1.54) is 109 Å². The molecule has 32 heavy (non-hydrogen) atoms. The van der Waals surface area contributed by atoms with Crippen molar-refractivity contribution in [1.29, 1.82) is 0 Å². The summed E-state index contributed by atoms with van der Waals surface area (Å²) >= 11 is 0. The van der Waals surface area contributed by atoms with Gasteiger partial charge in [-0.15, -0.1) is 0 Å². The predicted molar refractivity (Wildman–Crippen MR) is 143 cm³/mol. The number of hydrogen-bond donors (Lipinski definition) is 0. The van der Waals surface area contributed by atoms with E-state index in [9.17, 15) is 0 Å². The summed E-state index contributed by atoms with van der Waals surface area (Å²) < 4.78 is 5.79. The molecule has 0 radical (unpaired) electrons. The quantitative estimate of drug-likeness (QED) is 0.0774. The number of ether oxygens (including phenoxy) is 1. The van der Waals surface area contributed by atoms with Gasteiger partial charge in [0.25, 0.3) is 0 Å². The molecule has 0 bridgehead atoms. The van der Waals surface area contributed by atoms with Gasteiger partial charge in [0.15, 0.2) is 0 Å². The smallest absolute Gasteiger partial charge is 0.246 e. The van der Waals surface area contributed by atoms with Gasteiger partial charge >= 0.3 is 0 Å². The van der Waals surface area contributed by atoms with Gasteiger partial charge in [0, 0.05) is 13.0 Å². The van der Waals surface area contributed by atoms with Crippen molar-refractivity contribution in [3.63, 3.8) is 0 Å². The Kier molecular flexibility index (Phi) is 27.0. The Labute approximate surface area is 202 Å². The van der Waals surface area contributed by atoms with Crippen molar-refractivity contribution < 1.29 is 4.74 Å². The van der Waals surface area contributed by atoms with Crippen LogP contribution in [0.4, 0.5) is 0 Å². The molecule has 0 rings (SSSR count). The van der Waals surface area contributed by atoms with Crippen LogP contribution >= 0.6 is 0 Å². The first-order valence-electron chi connectivity index (χ1n) is 14.1. The molecule has 186 valence electrons. The summed E-state index contributed by atoms with van der Waals surface area (Å²) in [5.41, 5.74) is 0. The summed E-state index contributed by atoms with van der Waals surface area (Å²) in [7, 11) is 0. The molecular formula is C30H55NO. The number of allylic oxidation sites excluding steroid dienone is 4. The van der Waals surface area contributed by atoms with Crippen LogP contribution in [0.25, 0.3) is 4.85 Å². The summed E-state index contributed by atoms with van der Waals surface area (Å²) in [5, 5.41) is 0. The molecule has 0 aliphatic heterocycles. The standard InChI is InChI=1S/C30H55NO/c1-4-6-8-10-12-13-14-15-16-17-18-19-20-22-24-26-28-32-29-30(31-3)27-25-23-21-11-9-7-5-2/h12-13,15-16,30H,4-11,14,17-29H2,1-2H3/b13-12-,16-15-. The van der Waals surface area contributed by atoms with Crippen molar-refractivity contribution >= 4 is 0 Å². The van der Waals surface area contributed by atoms with Gasteiger partial charge in [0.2, 0.25) is 6.04 Å². The van der Waals surface area contributed by atoms with E-state index in [0.29, 0.717) is 6.61 Å². The summed E-state index contributed by atoms with van der Waals surface area (Å²) in [6, 6.07) is 0.0789. The van der Waals surface area contributed by atoms with E-state index in [1.807, 2.05) is 0 Å². The van der Waals surface area contributed by atoms with Gasteiger partial charge in [-0.05, 0) is 44.9 Å². The second kappa shape index (κ2) is 28.0. The van der Waals surface area contributed by atoms with Gasteiger partial charge in [-0.2, -0.15) is 0 Å². The van der Waals surface area contributed by atoms with Gasteiger partial charge in [0.1, 0.15) is 6.61 Å². The topological polar surface area (TPSA) is 13.6 Å². The lowest BCUT2D eigenvalue weighted by molar-refractivity contribution is 0.121. The first kappa shape index (κ1) is 30.9. The Bertz CT molecular complexity index is 448. The molecule has 1 atom stereocenters. The molecule has 0 spiro atoms. The number of rotatable bonds is 25. The fourth-order valence-corrected chi connectivity index (χ4v) is 3.93. The van der Waals surface area contributed by atoms with Gasteiger partial charge in [0.05, 0.1) is 0 Å². The average molecular weight is 446 g/mol. The lowest BCUT2D eigenvalue weighted by Gasteiger charge is -2.07. The maximum atomic E-state index is 7.37. The summed E-state index contributed by atoms with van der Waals surface area (Å²) in [6.07, 6.45) is 34.8. The largest absolute Gasteiger partial charge is 0.373 e. The predicted octanol–water partition coefficient (Wildman–Crippen LogP) is 10.2. The third kappa shape index (κ3) is 25.2. The molecule has 2 nitrogen and oxygen atoms in total. The number of hydrogen-bond acceptors (Lipinski definition) is 1. The molecule has 2 heteroatoms. The van der Waals surface area contributed by atoms with E-state index in [2.05, 4.69) is 43.0 Å². The van der Waals surface area contributed by atoms with Crippen molar-refractivity contribution in [2.24, 2.45) is 0 Å². The highest BCUT2D eigenvalue weighted by atomic mass is 16.5. The van der Waals surface area contributed by atoms with Gasteiger partial charge in [-0.25, -0.2) is 6.57 Å². The highest BCUT2D eigenvalue weighted by Gasteiger charge is 2.11.